The van der Waals surface area contributed by atoms with Gasteiger partial charge in [-0.05, 0) is 38.5 Å². The number of para-hydroxylation sites is 2. The second-order valence-electron chi connectivity index (χ2n) is 6.54. The Bertz CT molecular complexity index is 915. The molecule has 2 aromatic heterocycles. The molecule has 1 aliphatic rings. The molecular weight excluding hydrogens is 344 g/mol. The van der Waals surface area contributed by atoms with Crippen molar-refractivity contribution in [1.29, 1.82) is 0 Å². The molecule has 0 bridgehead atoms. The first-order valence-electron chi connectivity index (χ1n) is 9.11. The van der Waals surface area contributed by atoms with Crippen molar-refractivity contribution in [1.82, 2.24) is 9.97 Å². The Hall–Kier alpha value is -2.34. The van der Waals surface area contributed by atoms with E-state index in [0.717, 1.165) is 42.6 Å². The summed E-state index contributed by atoms with van der Waals surface area (Å²) in [6.45, 7) is 10.9. The van der Waals surface area contributed by atoms with Crippen molar-refractivity contribution in [2.75, 3.05) is 42.6 Å². The van der Waals surface area contributed by atoms with Crippen LogP contribution in [-0.4, -0.2) is 42.8 Å². The SMILES string of the molecule is CCOc1ccccc1N1CCN(c2ncnc3sc(C)c(C)c23)CC1. The van der Waals surface area contributed by atoms with Gasteiger partial charge in [0.2, 0.25) is 0 Å². The lowest BCUT2D eigenvalue weighted by Gasteiger charge is -2.37. The number of rotatable bonds is 4. The molecule has 0 atom stereocenters. The highest BCUT2D eigenvalue weighted by Gasteiger charge is 2.23. The predicted molar refractivity (Wildman–Crippen MR) is 109 cm³/mol. The Morgan fingerprint density at radius 1 is 1.04 bits per heavy atom. The van der Waals surface area contributed by atoms with E-state index in [2.05, 4.69) is 51.8 Å². The molecule has 1 aromatic carbocycles. The maximum Gasteiger partial charge on any atom is 0.142 e. The van der Waals surface area contributed by atoms with Crippen LogP contribution < -0.4 is 14.5 Å². The Kier molecular flexibility index (Phi) is 4.68. The van der Waals surface area contributed by atoms with E-state index in [1.165, 1.54) is 21.5 Å². The number of thiophene rings is 1. The first kappa shape index (κ1) is 17.1. The van der Waals surface area contributed by atoms with E-state index >= 15 is 0 Å². The molecule has 0 radical (unpaired) electrons. The van der Waals surface area contributed by atoms with Crippen LogP contribution in [0.3, 0.4) is 0 Å². The van der Waals surface area contributed by atoms with Gasteiger partial charge in [-0.3, -0.25) is 0 Å². The zero-order valence-electron chi connectivity index (χ0n) is 15.5. The molecule has 0 amide bonds. The number of aromatic nitrogens is 2. The number of ether oxygens (including phenoxy) is 1. The van der Waals surface area contributed by atoms with E-state index in [1.807, 2.05) is 13.0 Å². The molecule has 5 nitrogen and oxygen atoms in total. The Labute approximate surface area is 158 Å². The van der Waals surface area contributed by atoms with Crippen molar-refractivity contribution in [3.05, 3.63) is 41.0 Å². The van der Waals surface area contributed by atoms with Crippen LogP contribution in [0.2, 0.25) is 0 Å². The first-order valence-corrected chi connectivity index (χ1v) is 9.93. The number of nitrogens with zero attached hydrogens (tertiary/aromatic N) is 4. The normalized spacial score (nSPS) is 14.9. The molecule has 3 heterocycles. The molecular formula is C20H24N4OS. The Morgan fingerprint density at radius 2 is 1.77 bits per heavy atom. The van der Waals surface area contributed by atoms with Gasteiger partial charge in [0.05, 0.1) is 17.7 Å². The number of aryl methyl sites for hydroxylation is 2. The largest absolute Gasteiger partial charge is 0.492 e. The Morgan fingerprint density at radius 3 is 2.54 bits per heavy atom. The number of hydrogen-bond acceptors (Lipinski definition) is 6. The van der Waals surface area contributed by atoms with E-state index < -0.39 is 0 Å². The number of piperazine rings is 1. The van der Waals surface area contributed by atoms with Gasteiger partial charge in [0.25, 0.3) is 0 Å². The van der Waals surface area contributed by atoms with Crippen molar-refractivity contribution in [3.8, 4) is 5.75 Å². The van der Waals surface area contributed by atoms with Gasteiger partial charge < -0.3 is 14.5 Å². The van der Waals surface area contributed by atoms with E-state index in [4.69, 9.17) is 4.74 Å². The van der Waals surface area contributed by atoms with E-state index in [9.17, 15) is 0 Å². The van der Waals surface area contributed by atoms with Crippen LogP contribution in [0.5, 0.6) is 5.75 Å². The van der Waals surface area contributed by atoms with Crippen molar-refractivity contribution in [3.63, 3.8) is 0 Å². The second kappa shape index (κ2) is 7.11. The third kappa shape index (κ3) is 2.98. The third-order valence-electron chi connectivity index (χ3n) is 5.03. The number of hydrogen-bond donors (Lipinski definition) is 0. The van der Waals surface area contributed by atoms with E-state index in [-0.39, 0.29) is 0 Å². The highest BCUT2D eigenvalue weighted by atomic mass is 32.1. The maximum absolute atomic E-state index is 5.80. The molecule has 1 saturated heterocycles. The molecule has 0 N–H and O–H groups in total. The van der Waals surface area contributed by atoms with Gasteiger partial charge in [0.15, 0.2) is 0 Å². The van der Waals surface area contributed by atoms with Crippen LogP contribution >= 0.6 is 11.3 Å². The van der Waals surface area contributed by atoms with Gasteiger partial charge >= 0.3 is 0 Å². The van der Waals surface area contributed by atoms with Gasteiger partial charge in [-0.1, -0.05) is 12.1 Å². The summed E-state index contributed by atoms with van der Waals surface area (Å²) in [5.74, 6) is 2.05. The fourth-order valence-corrected chi connectivity index (χ4v) is 4.55. The van der Waals surface area contributed by atoms with Crippen molar-refractivity contribution < 1.29 is 4.74 Å². The van der Waals surface area contributed by atoms with E-state index in [1.54, 1.807) is 17.7 Å². The number of fused-ring (bicyclic) bond motifs is 1. The number of anilines is 2. The molecule has 6 heteroatoms. The summed E-state index contributed by atoms with van der Waals surface area (Å²) in [6, 6.07) is 8.31. The average molecular weight is 369 g/mol. The fraction of sp³-hybridized carbons (Fsp3) is 0.400. The lowest BCUT2D eigenvalue weighted by Crippen LogP contribution is -2.47. The summed E-state index contributed by atoms with van der Waals surface area (Å²) < 4.78 is 5.80. The molecule has 4 rings (SSSR count). The minimum Gasteiger partial charge on any atom is -0.492 e. The van der Waals surface area contributed by atoms with Crippen LogP contribution in [-0.2, 0) is 0 Å². The van der Waals surface area contributed by atoms with Crippen LogP contribution in [0.1, 0.15) is 17.4 Å². The summed E-state index contributed by atoms with van der Waals surface area (Å²) in [5, 5.41) is 1.22. The van der Waals surface area contributed by atoms with Gasteiger partial charge in [0, 0.05) is 31.1 Å². The monoisotopic (exact) mass is 368 g/mol. The quantitative estimate of drug-likeness (QED) is 0.695. The molecule has 3 aromatic rings. The molecule has 0 unspecified atom stereocenters. The standard InChI is InChI=1S/C20H24N4OS/c1-4-25-17-8-6-5-7-16(17)23-9-11-24(12-10-23)19-18-14(2)15(3)26-20(18)22-13-21-19/h5-8,13H,4,9-12H2,1-3H3. The first-order chi connectivity index (χ1) is 12.7. The average Bonchev–Trinajstić information content (AvgIpc) is 2.97. The van der Waals surface area contributed by atoms with Gasteiger partial charge in [-0.25, -0.2) is 9.97 Å². The predicted octanol–water partition coefficient (Wildman–Crippen LogP) is 4.03. The molecule has 1 aliphatic heterocycles. The van der Waals surface area contributed by atoms with Crippen LogP contribution in [0.25, 0.3) is 10.2 Å². The maximum atomic E-state index is 5.80. The molecule has 0 aliphatic carbocycles. The third-order valence-corrected chi connectivity index (χ3v) is 6.15. The molecule has 1 fully saturated rings. The second-order valence-corrected chi connectivity index (χ2v) is 7.74. The minimum atomic E-state index is 0.687. The van der Waals surface area contributed by atoms with Gasteiger partial charge in [-0.15, -0.1) is 11.3 Å². The van der Waals surface area contributed by atoms with Gasteiger partial charge in [-0.2, -0.15) is 0 Å². The summed E-state index contributed by atoms with van der Waals surface area (Å²) in [7, 11) is 0. The fourth-order valence-electron chi connectivity index (χ4n) is 3.56. The summed E-state index contributed by atoms with van der Waals surface area (Å²) in [5.41, 5.74) is 2.49. The summed E-state index contributed by atoms with van der Waals surface area (Å²) in [6.07, 6.45) is 1.70. The van der Waals surface area contributed by atoms with Crippen molar-refractivity contribution >= 4 is 33.1 Å². The highest BCUT2D eigenvalue weighted by molar-refractivity contribution is 7.18. The van der Waals surface area contributed by atoms with Crippen molar-refractivity contribution in [2.24, 2.45) is 0 Å². The zero-order chi connectivity index (χ0) is 18.1. The van der Waals surface area contributed by atoms with Crippen LogP contribution in [0.4, 0.5) is 11.5 Å². The number of benzene rings is 1. The summed E-state index contributed by atoms with van der Waals surface area (Å²) in [4.78, 5) is 16.3. The molecule has 0 saturated carbocycles. The lowest BCUT2D eigenvalue weighted by atomic mass is 10.2. The van der Waals surface area contributed by atoms with Crippen LogP contribution in [0.15, 0.2) is 30.6 Å². The topological polar surface area (TPSA) is 41.5 Å². The summed E-state index contributed by atoms with van der Waals surface area (Å²) >= 11 is 1.76. The molecule has 0 spiro atoms. The van der Waals surface area contributed by atoms with Crippen molar-refractivity contribution in [2.45, 2.75) is 20.8 Å². The van der Waals surface area contributed by atoms with Crippen LogP contribution in [0, 0.1) is 13.8 Å². The zero-order valence-corrected chi connectivity index (χ0v) is 16.3. The minimum absolute atomic E-state index is 0.687. The lowest BCUT2D eigenvalue weighted by molar-refractivity contribution is 0.340. The Balaban J connectivity index is 1.56. The van der Waals surface area contributed by atoms with E-state index in [0.29, 0.717) is 6.61 Å². The highest BCUT2D eigenvalue weighted by Crippen LogP contribution is 2.35. The smallest absolute Gasteiger partial charge is 0.142 e. The molecule has 136 valence electrons. The van der Waals surface area contributed by atoms with Gasteiger partial charge in [0.1, 0.15) is 22.7 Å². The molecule has 26 heavy (non-hydrogen) atoms.